The van der Waals surface area contributed by atoms with E-state index in [-0.39, 0.29) is 18.7 Å². The van der Waals surface area contributed by atoms with Crippen LogP contribution in [0.1, 0.15) is 29.5 Å². The predicted molar refractivity (Wildman–Crippen MR) is 81.6 cm³/mol. The van der Waals surface area contributed by atoms with Crippen LogP contribution in [0.15, 0.2) is 30.6 Å². The van der Waals surface area contributed by atoms with Crippen molar-refractivity contribution in [2.75, 3.05) is 5.32 Å². The highest BCUT2D eigenvalue weighted by molar-refractivity contribution is 6.33. The van der Waals surface area contributed by atoms with E-state index in [9.17, 15) is 13.6 Å². The molecule has 118 valence electrons. The SMILES string of the molecule is Cc1c(C(=O)Nc2ccccc2Cl)ncn1CCC(C)(F)F. The number of rotatable bonds is 5. The van der Waals surface area contributed by atoms with Crippen LogP contribution >= 0.6 is 11.6 Å². The Balaban J connectivity index is 2.11. The Kier molecular flexibility index (Phi) is 4.81. The fourth-order valence-corrected chi connectivity index (χ4v) is 2.14. The van der Waals surface area contributed by atoms with Crippen LogP contribution in [-0.2, 0) is 6.54 Å². The van der Waals surface area contributed by atoms with Gasteiger partial charge in [-0.1, -0.05) is 23.7 Å². The number of nitrogens with one attached hydrogen (secondary N) is 1. The van der Waals surface area contributed by atoms with Crippen LogP contribution in [0.3, 0.4) is 0 Å². The van der Waals surface area contributed by atoms with E-state index in [4.69, 9.17) is 11.6 Å². The summed E-state index contributed by atoms with van der Waals surface area (Å²) in [6, 6.07) is 6.83. The number of halogens is 3. The zero-order valence-corrected chi connectivity index (χ0v) is 13.0. The van der Waals surface area contributed by atoms with Gasteiger partial charge in [0, 0.05) is 18.7 Å². The largest absolute Gasteiger partial charge is 0.334 e. The Morgan fingerprint density at radius 3 is 2.73 bits per heavy atom. The molecule has 1 aromatic carbocycles. The van der Waals surface area contributed by atoms with E-state index in [1.54, 1.807) is 35.8 Å². The van der Waals surface area contributed by atoms with Crippen molar-refractivity contribution in [3.05, 3.63) is 47.0 Å². The number of benzene rings is 1. The summed E-state index contributed by atoms with van der Waals surface area (Å²) in [6.45, 7) is 2.63. The van der Waals surface area contributed by atoms with Crippen LogP contribution < -0.4 is 5.32 Å². The van der Waals surface area contributed by atoms with Gasteiger partial charge in [-0.15, -0.1) is 0 Å². The number of alkyl halides is 2. The Morgan fingerprint density at radius 2 is 2.09 bits per heavy atom. The maximum absolute atomic E-state index is 12.9. The standard InChI is InChI=1S/C15H16ClF2N3O/c1-10-13(19-9-21(10)8-7-15(2,17)18)14(22)20-12-6-4-3-5-11(12)16/h3-6,9H,7-8H2,1-2H3,(H,20,22). The third-order valence-corrected chi connectivity index (χ3v) is 3.56. The summed E-state index contributed by atoms with van der Waals surface area (Å²) < 4.78 is 27.4. The van der Waals surface area contributed by atoms with Gasteiger partial charge in [0.15, 0.2) is 0 Å². The highest BCUT2D eigenvalue weighted by Crippen LogP contribution is 2.22. The molecule has 0 atom stereocenters. The molecule has 0 fully saturated rings. The molecule has 7 heteroatoms. The summed E-state index contributed by atoms with van der Waals surface area (Å²) in [4.78, 5) is 16.2. The highest BCUT2D eigenvalue weighted by Gasteiger charge is 2.22. The summed E-state index contributed by atoms with van der Waals surface area (Å²) in [5.41, 5.74) is 1.20. The quantitative estimate of drug-likeness (QED) is 0.897. The van der Waals surface area contributed by atoms with Gasteiger partial charge < -0.3 is 9.88 Å². The van der Waals surface area contributed by atoms with E-state index in [0.29, 0.717) is 16.4 Å². The number of para-hydroxylation sites is 1. The topological polar surface area (TPSA) is 46.9 Å². The molecule has 0 unspecified atom stereocenters. The van der Waals surface area contributed by atoms with Gasteiger partial charge >= 0.3 is 0 Å². The monoisotopic (exact) mass is 327 g/mol. The Morgan fingerprint density at radius 1 is 1.41 bits per heavy atom. The molecule has 2 rings (SSSR count). The van der Waals surface area contributed by atoms with Crippen LogP contribution in [0.2, 0.25) is 5.02 Å². The summed E-state index contributed by atoms with van der Waals surface area (Å²) >= 11 is 5.98. The molecule has 22 heavy (non-hydrogen) atoms. The second-order valence-corrected chi connectivity index (χ2v) is 5.53. The molecule has 1 heterocycles. The van der Waals surface area contributed by atoms with Crippen molar-refractivity contribution >= 4 is 23.2 Å². The van der Waals surface area contributed by atoms with Crippen molar-refractivity contribution in [2.45, 2.75) is 32.7 Å². The molecule has 0 spiro atoms. The zero-order chi connectivity index (χ0) is 16.3. The Hall–Kier alpha value is -1.95. The number of nitrogens with zero attached hydrogens (tertiary/aromatic N) is 2. The number of imidazole rings is 1. The Labute approximate surface area is 132 Å². The molecule has 1 amide bonds. The minimum Gasteiger partial charge on any atom is -0.334 e. The second kappa shape index (κ2) is 6.44. The summed E-state index contributed by atoms with van der Waals surface area (Å²) in [6.07, 6.45) is 1.08. The van der Waals surface area contributed by atoms with Crippen molar-refractivity contribution < 1.29 is 13.6 Å². The van der Waals surface area contributed by atoms with Gasteiger partial charge in [-0.05, 0) is 26.0 Å². The normalized spacial score (nSPS) is 11.5. The van der Waals surface area contributed by atoms with Gasteiger partial charge in [0.2, 0.25) is 5.92 Å². The molecule has 0 aliphatic carbocycles. The highest BCUT2D eigenvalue weighted by atomic mass is 35.5. The number of anilines is 1. The average molecular weight is 328 g/mol. The van der Waals surface area contributed by atoms with Crippen molar-refractivity contribution in [1.29, 1.82) is 0 Å². The molecule has 0 radical (unpaired) electrons. The molecule has 0 bridgehead atoms. The maximum atomic E-state index is 12.9. The minimum atomic E-state index is -2.75. The van der Waals surface area contributed by atoms with Crippen LogP contribution in [0.4, 0.5) is 14.5 Å². The molecule has 2 aromatic rings. The number of carbonyl (C=O) groups excluding carboxylic acids is 1. The van der Waals surface area contributed by atoms with E-state index in [1.165, 1.54) is 6.33 Å². The first-order valence-corrected chi connectivity index (χ1v) is 7.11. The van der Waals surface area contributed by atoms with Gasteiger partial charge in [-0.2, -0.15) is 0 Å². The van der Waals surface area contributed by atoms with Gasteiger partial charge in [0.25, 0.3) is 5.91 Å². The summed E-state index contributed by atoms with van der Waals surface area (Å²) in [5.74, 6) is -3.18. The number of amides is 1. The average Bonchev–Trinajstić information content (AvgIpc) is 2.79. The molecule has 0 aliphatic rings. The first kappa shape index (κ1) is 16.4. The van der Waals surface area contributed by atoms with E-state index in [2.05, 4.69) is 10.3 Å². The first-order valence-electron chi connectivity index (χ1n) is 6.73. The first-order chi connectivity index (χ1) is 10.3. The van der Waals surface area contributed by atoms with Crippen LogP contribution in [-0.4, -0.2) is 21.4 Å². The van der Waals surface area contributed by atoms with Crippen molar-refractivity contribution in [2.24, 2.45) is 0 Å². The molecule has 4 nitrogen and oxygen atoms in total. The molecule has 0 saturated carbocycles. The van der Waals surface area contributed by atoms with Crippen LogP contribution in [0, 0.1) is 6.92 Å². The second-order valence-electron chi connectivity index (χ2n) is 5.13. The Bertz CT molecular complexity index is 680. The molecule has 1 aromatic heterocycles. The molecule has 0 saturated heterocycles. The minimum absolute atomic E-state index is 0.0989. The fourth-order valence-electron chi connectivity index (χ4n) is 1.95. The van der Waals surface area contributed by atoms with E-state index in [0.717, 1.165) is 6.92 Å². The molecular weight excluding hydrogens is 312 g/mol. The van der Waals surface area contributed by atoms with Gasteiger partial charge in [0.1, 0.15) is 5.69 Å². The molecular formula is C15H16ClF2N3O. The van der Waals surface area contributed by atoms with Crippen molar-refractivity contribution in [1.82, 2.24) is 9.55 Å². The number of carbonyl (C=O) groups is 1. The van der Waals surface area contributed by atoms with Gasteiger partial charge in [-0.25, -0.2) is 13.8 Å². The third kappa shape index (κ3) is 4.04. The lowest BCUT2D eigenvalue weighted by atomic mass is 10.2. The van der Waals surface area contributed by atoms with E-state index < -0.39 is 11.8 Å². The summed E-state index contributed by atoms with van der Waals surface area (Å²) in [5, 5.41) is 3.07. The zero-order valence-electron chi connectivity index (χ0n) is 12.2. The lowest BCUT2D eigenvalue weighted by Gasteiger charge is -2.11. The van der Waals surface area contributed by atoms with Crippen molar-refractivity contribution in [3.8, 4) is 0 Å². The van der Waals surface area contributed by atoms with Crippen LogP contribution in [0.25, 0.3) is 0 Å². The van der Waals surface area contributed by atoms with Crippen molar-refractivity contribution in [3.63, 3.8) is 0 Å². The number of aromatic nitrogens is 2. The molecule has 0 aliphatic heterocycles. The number of hydrogen-bond acceptors (Lipinski definition) is 2. The van der Waals surface area contributed by atoms with Crippen LogP contribution in [0.5, 0.6) is 0 Å². The lowest BCUT2D eigenvalue weighted by Crippen LogP contribution is -2.16. The number of hydrogen-bond donors (Lipinski definition) is 1. The summed E-state index contributed by atoms with van der Waals surface area (Å²) in [7, 11) is 0. The third-order valence-electron chi connectivity index (χ3n) is 3.23. The predicted octanol–water partition coefficient (Wildman–Crippen LogP) is 4.14. The fraction of sp³-hybridized carbons (Fsp3) is 0.333. The van der Waals surface area contributed by atoms with E-state index in [1.807, 2.05) is 0 Å². The maximum Gasteiger partial charge on any atom is 0.276 e. The molecule has 1 N–H and O–H groups in total. The number of aryl methyl sites for hydroxylation is 1. The van der Waals surface area contributed by atoms with Gasteiger partial charge in [0.05, 0.1) is 17.0 Å². The lowest BCUT2D eigenvalue weighted by molar-refractivity contribution is 0.00858. The smallest absolute Gasteiger partial charge is 0.276 e. The van der Waals surface area contributed by atoms with Gasteiger partial charge in [-0.3, -0.25) is 4.79 Å². The van der Waals surface area contributed by atoms with E-state index >= 15 is 0 Å².